The molecule has 1 unspecified atom stereocenters. The van der Waals surface area contributed by atoms with Gasteiger partial charge >= 0.3 is 0 Å². The van der Waals surface area contributed by atoms with E-state index in [2.05, 4.69) is 35.6 Å². The van der Waals surface area contributed by atoms with Gasteiger partial charge in [0.05, 0.1) is 0 Å². The number of nitrogens with zero attached hydrogens (tertiary/aromatic N) is 4. The fraction of sp³-hybridized carbons (Fsp3) is 0.750. The number of hydrogen-bond donors (Lipinski definition) is 1. The molecule has 1 aromatic rings. The summed E-state index contributed by atoms with van der Waals surface area (Å²) >= 11 is 0. The van der Waals surface area contributed by atoms with Crippen molar-refractivity contribution >= 4 is 11.6 Å². The van der Waals surface area contributed by atoms with Crippen LogP contribution < -0.4 is 10.6 Å². The van der Waals surface area contributed by atoms with Gasteiger partial charge in [-0.3, -0.25) is 4.90 Å². The van der Waals surface area contributed by atoms with Crippen LogP contribution in [-0.4, -0.2) is 47.1 Å². The number of nitrogens with two attached hydrogens (primary N) is 1. The molecule has 1 atom stereocenters. The predicted molar refractivity (Wildman–Crippen MR) is 86.6 cm³/mol. The van der Waals surface area contributed by atoms with Crippen LogP contribution in [0, 0.1) is 0 Å². The molecule has 3 heterocycles. The first-order valence-electron chi connectivity index (χ1n) is 8.07. The molecule has 0 bridgehead atoms. The Balaban J connectivity index is 1.76. The fourth-order valence-electron chi connectivity index (χ4n) is 3.30. The van der Waals surface area contributed by atoms with Crippen LogP contribution in [0.4, 0.5) is 11.6 Å². The van der Waals surface area contributed by atoms with Crippen molar-refractivity contribution < 1.29 is 0 Å². The van der Waals surface area contributed by atoms with Gasteiger partial charge in [-0.15, -0.1) is 0 Å². The molecule has 0 saturated carbocycles. The molecule has 0 spiro atoms. The Bertz CT molecular complexity index is 502. The molecule has 5 nitrogen and oxygen atoms in total. The third-order valence-corrected chi connectivity index (χ3v) is 4.55. The molecule has 5 heteroatoms. The molecule has 1 aromatic heterocycles. The van der Waals surface area contributed by atoms with E-state index >= 15 is 0 Å². The smallest absolute Gasteiger partial charge is 0.138 e. The fourth-order valence-corrected chi connectivity index (χ4v) is 3.30. The third kappa shape index (κ3) is 3.12. The van der Waals surface area contributed by atoms with Crippen LogP contribution in [0.25, 0.3) is 0 Å². The van der Waals surface area contributed by atoms with Crippen LogP contribution >= 0.6 is 0 Å². The van der Waals surface area contributed by atoms with E-state index in [4.69, 9.17) is 10.7 Å². The second kappa shape index (κ2) is 5.44. The maximum absolute atomic E-state index is 5.99. The Labute approximate surface area is 127 Å². The quantitative estimate of drug-likeness (QED) is 0.903. The number of nitrogen functional groups attached to an aromatic ring is 1. The van der Waals surface area contributed by atoms with E-state index in [1.165, 1.54) is 32.4 Å². The van der Waals surface area contributed by atoms with Crippen LogP contribution in [0.2, 0.25) is 0 Å². The van der Waals surface area contributed by atoms with Crippen molar-refractivity contribution in [2.24, 2.45) is 0 Å². The largest absolute Gasteiger partial charge is 0.384 e. The molecule has 0 aliphatic carbocycles. The third-order valence-electron chi connectivity index (χ3n) is 4.55. The number of likely N-dealkylation sites (tertiary alicyclic amines) is 1. The van der Waals surface area contributed by atoms with Crippen LogP contribution in [0.1, 0.15) is 45.9 Å². The second-order valence-corrected chi connectivity index (χ2v) is 7.36. The SMILES string of the molecule is CC(C)(C)c1nc(N)cc(N2CCC(N3CCCC3)C2)n1. The summed E-state index contributed by atoms with van der Waals surface area (Å²) in [6.07, 6.45) is 3.94. The standard InChI is InChI=1S/C16H27N5/c1-16(2,3)15-18-13(17)10-14(19-15)21-9-6-12(11-21)20-7-4-5-8-20/h10,12H,4-9,11H2,1-3H3,(H2,17,18,19). The van der Waals surface area contributed by atoms with Crippen molar-refractivity contribution in [3.63, 3.8) is 0 Å². The van der Waals surface area contributed by atoms with E-state index in [9.17, 15) is 0 Å². The van der Waals surface area contributed by atoms with Gasteiger partial charge in [0, 0.05) is 30.6 Å². The Hall–Kier alpha value is -1.36. The van der Waals surface area contributed by atoms with Gasteiger partial charge in [-0.25, -0.2) is 9.97 Å². The van der Waals surface area contributed by atoms with Gasteiger partial charge in [0.2, 0.25) is 0 Å². The zero-order valence-electron chi connectivity index (χ0n) is 13.5. The van der Waals surface area contributed by atoms with Gasteiger partial charge < -0.3 is 10.6 Å². The summed E-state index contributed by atoms with van der Waals surface area (Å²) in [5, 5.41) is 0. The Morgan fingerprint density at radius 1 is 1.14 bits per heavy atom. The average Bonchev–Trinajstić information content (AvgIpc) is 3.08. The first kappa shape index (κ1) is 14.6. The van der Waals surface area contributed by atoms with Crippen molar-refractivity contribution in [2.45, 2.75) is 51.5 Å². The minimum atomic E-state index is -0.0712. The average molecular weight is 289 g/mol. The molecule has 2 saturated heterocycles. The molecular weight excluding hydrogens is 262 g/mol. The lowest BCUT2D eigenvalue weighted by Crippen LogP contribution is -2.35. The van der Waals surface area contributed by atoms with Crippen molar-refractivity contribution in [3.8, 4) is 0 Å². The maximum atomic E-state index is 5.99. The minimum Gasteiger partial charge on any atom is -0.384 e. The normalized spacial score (nSPS) is 24.0. The van der Waals surface area contributed by atoms with Gasteiger partial charge in [0.1, 0.15) is 17.5 Å². The van der Waals surface area contributed by atoms with E-state index in [-0.39, 0.29) is 5.41 Å². The molecule has 2 N–H and O–H groups in total. The molecule has 0 radical (unpaired) electrons. The number of hydrogen-bond acceptors (Lipinski definition) is 5. The highest BCUT2D eigenvalue weighted by molar-refractivity contribution is 5.48. The lowest BCUT2D eigenvalue weighted by molar-refractivity contribution is 0.260. The van der Waals surface area contributed by atoms with E-state index < -0.39 is 0 Å². The molecule has 2 aliphatic rings. The monoisotopic (exact) mass is 289 g/mol. The highest BCUT2D eigenvalue weighted by Gasteiger charge is 2.30. The van der Waals surface area contributed by atoms with Crippen molar-refractivity contribution in [2.75, 3.05) is 36.8 Å². The number of aromatic nitrogens is 2. The van der Waals surface area contributed by atoms with Crippen LogP contribution in [0.15, 0.2) is 6.07 Å². The molecule has 2 aliphatic heterocycles. The highest BCUT2D eigenvalue weighted by atomic mass is 15.3. The zero-order valence-corrected chi connectivity index (χ0v) is 13.5. The molecular formula is C16H27N5. The van der Waals surface area contributed by atoms with Gasteiger partial charge in [-0.2, -0.15) is 0 Å². The van der Waals surface area contributed by atoms with E-state index in [1.54, 1.807) is 0 Å². The summed E-state index contributed by atoms with van der Waals surface area (Å²) in [5.74, 6) is 2.41. The molecule has 0 aromatic carbocycles. The second-order valence-electron chi connectivity index (χ2n) is 7.36. The van der Waals surface area contributed by atoms with Crippen molar-refractivity contribution in [1.82, 2.24) is 14.9 Å². The maximum Gasteiger partial charge on any atom is 0.138 e. The summed E-state index contributed by atoms with van der Waals surface area (Å²) < 4.78 is 0. The first-order chi connectivity index (χ1) is 9.93. The summed E-state index contributed by atoms with van der Waals surface area (Å²) in [4.78, 5) is 14.2. The highest BCUT2D eigenvalue weighted by Crippen LogP contribution is 2.27. The van der Waals surface area contributed by atoms with Gasteiger partial charge in [-0.1, -0.05) is 20.8 Å². The van der Waals surface area contributed by atoms with Crippen molar-refractivity contribution in [1.29, 1.82) is 0 Å². The Morgan fingerprint density at radius 3 is 2.52 bits per heavy atom. The van der Waals surface area contributed by atoms with E-state index in [0.717, 1.165) is 24.7 Å². The first-order valence-corrected chi connectivity index (χ1v) is 8.07. The molecule has 116 valence electrons. The molecule has 2 fully saturated rings. The molecule has 3 rings (SSSR count). The lowest BCUT2D eigenvalue weighted by Gasteiger charge is -2.25. The number of anilines is 2. The van der Waals surface area contributed by atoms with Crippen molar-refractivity contribution in [3.05, 3.63) is 11.9 Å². The summed E-state index contributed by atoms with van der Waals surface area (Å²) in [5.41, 5.74) is 5.92. The zero-order chi connectivity index (χ0) is 15.0. The lowest BCUT2D eigenvalue weighted by atomic mass is 9.96. The van der Waals surface area contributed by atoms with Crippen LogP contribution in [-0.2, 0) is 5.41 Å². The van der Waals surface area contributed by atoms with Gasteiger partial charge in [-0.05, 0) is 32.4 Å². The topological polar surface area (TPSA) is 58.3 Å². The van der Waals surface area contributed by atoms with Gasteiger partial charge in [0.25, 0.3) is 0 Å². The van der Waals surface area contributed by atoms with Crippen LogP contribution in [0.3, 0.4) is 0 Å². The minimum absolute atomic E-state index is 0.0712. The summed E-state index contributed by atoms with van der Waals surface area (Å²) in [6, 6.07) is 2.60. The van der Waals surface area contributed by atoms with E-state index in [1.807, 2.05) is 6.07 Å². The Kier molecular flexibility index (Phi) is 3.78. The van der Waals surface area contributed by atoms with E-state index in [0.29, 0.717) is 11.9 Å². The molecule has 0 amide bonds. The van der Waals surface area contributed by atoms with Crippen LogP contribution in [0.5, 0.6) is 0 Å². The summed E-state index contributed by atoms with van der Waals surface area (Å²) in [7, 11) is 0. The summed E-state index contributed by atoms with van der Waals surface area (Å²) in [6.45, 7) is 11.0. The predicted octanol–water partition coefficient (Wildman–Crippen LogP) is 2.03. The molecule has 21 heavy (non-hydrogen) atoms. The number of rotatable bonds is 2. The Morgan fingerprint density at radius 2 is 1.86 bits per heavy atom. The van der Waals surface area contributed by atoms with Gasteiger partial charge in [0.15, 0.2) is 0 Å².